The van der Waals surface area contributed by atoms with Crippen LogP contribution in [0.15, 0.2) is 53.4 Å². The van der Waals surface area contributed by atoms with Crippen molar-refractivity contribution in [3.63, 3.8) is 0 Å². The van der Waals surface area contributed by atoms with Crippen molar-refractivity contribution >= 4 is 33.3 Å². The Kier molecular flexibility index (Phi) is 5.28. The summed E-state index contributed by atoms with van der Waals surface area (Å²) >= 11 is 5.80. The quantitative estimate of drug-likeness (QED) is 0.864. The van der Waals surface area contributed by atoms with Crippen molar-refractivity contribution < 1.29 is 18.3 Å². The fraction of sp³-hybridized carbons (Fsp3) is 0.188. The number of halogens is 1. The molecule has 0 spiro atoms. The number of aliphatic carboxylic acids is 1. The molecule has 0 atom stereocenters. The summed E-state index contributed by atoms with van der Waals surface area (Å²) in [7, 11) is -3.87. The zero-order chi connectivity index (χ0) is 17.0. The van der Waals surface area contributed by atoms with E-state index in [1.165, 1.54) is 24.3 Å². The van der Waals surface area contributed by atoms with Gasteiger partial charge in [-0.2, -0.15) is 0 Å². The maximum Gasteiger partial charge on any atom is 0.305 e. The number of anilines is 1. The molecular formula is C16H16ClNO4S. The topological polar surface area (TPSA) is 74.7 Å². The lowest BCUT2D eigenvalue weighted by atomic mass is 10.2. The Hall–Kier alpha value is -2.05. The van der Waals surface area contributed by atoms with Crippen LogP contribution in [-0.2, 0) is 14.8 Å². The van der Waals surface area contributed by atoms with Gasteiger partial charge in [0, 0.05) is 11.6 Å². The number of hydrogen-bond donors (Lipinski definition) is 1. The number of benzene rings is 2. The second-order valence-corrected chi connectivity index (χ2v) is 7.31. The second kappa shape index (κ2) is 7.02. The Morgan fingerprint density at radius 3 is 2.39 bits per heavy atom. The van der Waals surface area contributed by atoms with Crippen LogP contribution < -0.4 is 4.31 Å². The summed E-state index contributed by atoms with van der Waals surface area (Å²) in [6.45, 7) is 1.69. The van der Waals surface area contributed by atoms with Gasteiger partial charge in [-0.3, -0.25) is 9.10 Å². The van der Waals surface area contributed by atoms with Gasteiger partial charge in [0.1, 0.15) is 0 Å². The highest BCUT2D eigenvalue weighted by molar-refractivity contribution is 7.92. The van der Waals surface area contributed by atoms with Gasteiger partial charge in [0.25, 0.3) is 10.0 Å². The van der Waals surface area contributed by atoms with Crippen LogP contribution in [0, 0.1) is 6.92 Å². The number of aryl methyl sites for hydroxylation is 1. The maximum absolute atomic E-state index is 12.9. The molecule has 0 aliphatic carbocycles. The van der Waals surface area contributed by atoms with E-state index in [0.717, 1.165) is 9.87 Å². The van der Waals surface area contributed by atoms with Crippen LogP contribution in [0.2, 0.25) is 5.02 Å². The van der Waals surface area contributed by atoms with Crippen LogP contribution in [-0.4, -0.2) is 26.0 Å². The fourth-order valence-corrected chi connectivity index (χ4v) is 3.69. The van der Waals surface area contributed by atoms with E-state index >= 15 is 0 Å². The zero-order valence-corrected chi connectivity index (χ0v) is 14.0. The third-order valence-electron chi connectivity index (χ3n) is 3.22. The lowest BCUT2D eigenvalue weighted by Gasteiger charge is -2.24. The van der Waals surface area contributed by atoms with E-state index in [1.54, 1.807) is 18.2 Å². The van der Waals surface area contributed by atoms with E-state index in [4.69, 9.17) is 16.7 Å². The van der Waals surface area contributed by atoms with Gasteiger partial charge in [-0.15, -0.1) is 0 Å². The summed E-state index contributed by atoms with van der Waals surface area (Å²) in [5.41, 5.74) is 1.32. The highest BCUT2D eigenvalue weighted by Crippen LogP contribution is 2.25. The summed E-state index contributed by atoms with van der Waals surface area (Å²) in [6, 6.07) is 12.7. The minimum absolute atomic E-state index is 0.0637. The lowest BCUT2D eigenvalue weighted by molar-refractivity contribution is -0.136. The molecule has 2 aromatic rings. The molecule has 0 fully saturated rings. The van der Waals surface area contributed by atoms with Crippen LogP contribution in [0.25, 0.3) is 0 Å². The van der Waals surface area contributed by atoms with Crippen LogP contribution in [0.5, 0.6) is 0 Å². The van der Waals surface area contributed by atoms with Gasteiger partial charge < -0.3 is 5.11 Å². The molecule has 7 heteroatoms. The van der Waals surface area contributed by atoms with Crippen LogP contribution >= 0.6 is 11.6 Å². The van der Waals surface area contributed by atoms with Gasteiger partial charge in [-0.05, 0) is 48.9 Å². The third-order valence-corrected chi connectivity index (χ3v) is 5.31. The van der Waals surface area contributed by atoms with Crippen molar-refractivity contribution in [2.75, 3.05) is 10.8 Å². The molecule has 0 aliphatic heterocycles. The summed E-state index contributed by atoms with van der Waals surface area (Å²) in [4.78, 5) is 10.9. The summed E-state index contributed by atoms with van der Waals surface area (Å²) in [5, 5.41) is 9.33. The normalized spacial score (nSPS) is 11.2. The highest BCUT2D eigenvalue weighted by Gasteiger charge is 2.25. The number of carboxylic acids is 1. The zero-order valence-electron chi connectivity index (χ0n) is 12.4. The Balaban J connectivity index is 2.47. The minimum Gasteiger partial charge on any atom is -0.481 e. The second-order valence-electron chi connectivity index (χ2n) is 5.01. The molecule has 23 heavy (non-hydrogen) atoms. The largest absolute Gasteiger partial charge is 0.481 e. The molecule has 122 valence electrons. The van der Waals surface area contributed by atoms with Crippen molar-refractivity contribution in [2.45, 2.75) is 18.2 Å². The molecule has 2 aromatic carbocycles. The molecule has 0 saturated heterocycles. The average Bonchev–Trinajstić information content (AvgIpc) is 2.47. The third kappa shape index (κ3) is 4.24. The number of rotatable bonds is 6. The first-order valence-electron chi connectivity index (χ1n) is 6.87. The monoisotopic (exact) mass is 353 g/mol. The number of hydrogen-bond acceptors (Lipinski definition) is 3. The van der Waals surface area contributed by atoms with Crippen molar-refractivity contribution in [2.24, 2.45) is 0 Å². The Morgan fingerprint density at radius 2 is 1.83 bits per heavy atom. The Morgan fingerprint density at radius 1 is 1.17 bits per heavy atom. The first kappa shape index (κ1) is 17.3. The first-order chi connectivity index (χ1) is 10.8. The molecule has 2 rings (SSSR count). The lowest BCUT2D eigenvalue weighted by Crippen LogP contribution is -2.33. The SMILES string of the molecule is Cc1cccc(N(CCC(=O)O)S(=O)(=O)c2ccc(Cl)cc2)c1. The number of carbonyl (C=O) groups is 1. The van der Waals surface area contributed by atoms with E-state index in [-0.39, 0.29) is 17.9 Å². The number of nitrogens with zero attached hydrogens (tertiary/aromatic N) is 1. The first-order valence-corrected chi connectivity index (χ1v) is 8.69. The van der Waals surface area contributed by atoms with E-state index in [0.29, 0.717) is 10.7 Å². The van der Waals surface area contributed by atoms with Gasteiger partial charge in [0.05, 0.1) is 17.0 Å². The minimum atomic E-state index is -3.87. The van der Waals surface area contributed by atoms with Crippen LogP contribution in [0.4, 0.5) is 5.69 Å². The maximum atomic E-state index is 12.9. The van der Waals surface area contributed by atoms with Crippen molar-refractivity contribution in [3.05, 3.63) is 59.1 Å². The van der Waals surface area contributed by atoms with Crippen LogP contribution in [0.3, 0.4) is 0 Å². The molecule has 0 saturated carbocycles. The summed E-state index contributed by atoms with van der Waals surface area (Å²) < 4.78 is 26.8. The smallest absolute Gasteiger partial charge is 0.305 e. The van der Waals surface area contributed by atoms with Gasteiger partial charge in [0.15, 0.2) is 0 Å². The molecule has 0 aromatic heterocycles. The fourth-order valence-electron chi connectivity index (χ4n) is 2.10. The van der Waals surface area contributed by atoms with E-state index in [9.17, 15) is 13.2 Å². The molecular weight excluding hydrogens is 338 g/mol. The van der Waals surface area contributed by atoms with Crippen LogP contribution in [0.1, 0.15) is 12.0 Å². The van der Waals surface area contributed by atoms with Gasteiger partial charge in [-0.1, -0.05) is 23.7 Å². The Bertz CT molecular complexity index is 803. The van der Waals surface area contributed by atoms with E-state index < -0.39 is 16.0 Å². The standard InChI is InChI=1S/C16H16ClNO4S/c1-12-3-2-4-14(11-12)18(10-9-16(19)20)23(21,22)15-7-5-13(17)6-8-15/h2-8,11H,9-10H2,1H3,(H,19,20). The molecule has 1 N–H and O–H groups in total. The Labute approximate surface area is 140 Å². The molecule has 0 heterocycles. The summed E-state index contributed by atoms with van der Waals surface area (Å²) in [5.74, 6) is -1.06. The molecule has 5 nitrogen and oxygen atoms in total. The molecule has 0 aliphatic rings. The summed E-state index contributed by atoms with van der Waals surface area (Å²) in [6.07, 6.45) is -0.291. The van der Waals surface area contributed by atoms with Gasteiger partial charge in [0.2, 0.25) is 0 Å². The number of sulfonamides is 1. The van der Waals surface area contributed by atoms with E-state index in [2.05, 4.69) is 0 Å². The van der Waals surface area contributed by atoms with Crippen molar-refractivity contribution in [1.82, 2.24) is 0 Å². The van der Waals surface area contributed by atoms with Gasteiger partial charge in [-0.25, -0.2) is 8.42 Å². The van der Waals surface area contributed by atoms with Crippen molar-refractivity contribution in [3.8, 4) is 0 Å². The molecule has 0 amide bonds. The molecule has 0 unspecified atom stereocenters. The average molecular weight is 354 g/mol. The number of carboxylic acid groups (broad SMARTS) is 1. The predicted molar refractivity (Wildman–Crippen MR) is 89.4 cm³/mol. The highest BCUT2D eigenvalue weighted by atomic mass is 35.5. The van der Waals surface area contributed by atoms with Crippen molar-refractivity contribution in [1.29, 1.82) is 0 Å². The molecule has 0 bridgehead atoms. The predicted octanol–water partition coefficient (Wildman–Crippen LogP) is 3.32. The van der Waals surface area contributed by atoms with Gasteiger partial charge >= 0.3 is 5.97 Å². The molecule has 0 radical (unpaired) electrons. The van der Waals surface area contributed by atoms with E-state index in [1.807, 2.05) is 13.0 Å².